The van der Waals surface area contributed by atoms with Gasteiger partial charge in [0.05, 0.1) is 32.4 Å². The van der Waals surface area contributed by atoms with Crippen LogP contribution < -0.4 is 5.73 Å². The molecule has 0 aliphatic rings. The van der Waals surface area contributed by atoms with Crippen molar-refractivity contribution in [2.24, 2.45) is 7.05 Å². The van der Waals surface area contributed by atoms with Crippen LogP contribution in [-0.4, -0.2) is 14.0 Å². The Labute approximate surface area is 123 Å². The lowest BCUT2D eigenvalue weighted by Gasteiger charge is -2.06. The fraction of sp³-hybridized carbons (Fsp3) is 0.308. The molecule has 1 heterocycles. The number of halogens is 1. The summed E-state index contributed by atoms with van der Waals surface area (Å²) in [5.41, 5.74) is 9.28. The second kappa shape index (κ2) is 5.46. The topological polar surface area (TPSA) is 60.9 Å². The van der Waals surface area contributed by atoms with Crippen molar-refractivity contribution in [3.8, 4) is 0 Å². The van der Waals surface area contributed by atoms with Crippen LogP contribution >= 0.6 is 15.9 Å². The van der Waals surface area contributed by atoms with Crippen molar-refractivity contribution in [3.63, 3.8) is 0 Å². The molecule has 0 fully saturated rings. The predicted molar refractivity (Wildman–Crippen MR) is 81.3 cm³/mol. The summed E-state index contributed by atoms with van der Waals surface area (Å²) in [6, 6.07) is 5.49. The van der Waals surface area contributed by atoms with Crippen molar-refractivity contribution >= 4 is 32.4 Å². The van der Waals surface area contributed by atoms with Gasteiger partial charge in [-0.25, -0.2) is 0 Å². The van der Waals surface area contributed by atoms with Crippen LogP contribution in [0.2, 0.25) is 0 Å². The van der Waals surface area contributed by atoms with Crippen molar-refractivity contribution < 1.29 is 4.21 Å². The van der Waals surface area contributed by atoms with Crippen molar-refractivity contribution in [1.82, 2.24) is 9.78 Å². The van der Waals surface area contributed by atoms with E-state index in [2.05, 4.69) is 21.0 Å². The van der Waals surface area contributed by atoms with Crippen LogP contribution in [0.25, 0.3) is 0 Å². The maximum absolute atomic E-state index is 12.4. The molecule has 0 aliphatic carbocycles. The first-order valence-electron chi connectivity index (χ1n) is 5.82. The monoisotopic (exact) mass is 341 g/mol. The number of nitrogens with zero attached hydrogens (tertiary/aromatic N) is 2. The Morgan fingerprint density at radius 1 is 1.42 bits per heavy atom. The van der Waals surface area contributed by atoms with E-state index in [4.69, 9.17) is 5.73 Å². The number of rotatable bonds is 3. The van der Waals surface area contributed by atoms with Gasteiger partial charge >= 0.3 is 0 Å². The van der Waals surface area contributed by atoms with Gasteiger partial charge < -0.3 is 5.73 Å². The Morgan fingerprint density at radius 3 is 2.63 bits per heavy atom. The number of nitrogens with two attached hydrogens (primary N) is 1. The molecule has 0 saturated heterocycles. The van der Waals surface area contributed by atoms with Crippen LogP contribution in [0.4, 0.5) is 5.69 Å². The van der Waals surface area contributed by atoms with Gasteiger partial charge in [-0.15, -0.1) is 0 Å². The molecule has 0 spiro atoms. The summed E-state index contributed by atoms with van der Waals surface area (Å²) in [6.45, 7) is 3.84. The van der Waals surface area contributed by atoms with Gasteiger partial charge in [0, 0.05) is 17.6 Å². The number of anilines is 1. The molecular formula is C13H16BrN3OS. The lowest BCUT2D eigenvalue weighted by Crippen LogP contribution is -2.04. The third kappa shape index (κ3) is 2.90. The molecule has 1 aromatic carbocycles. The van der Waals surface area contributed by atoms with Crippen LogP contribution in [0, 0.1) is 13.8 Å². The van der Waals surface area contributed by atoms with Gasteiger partial charge in [-0.1, -0.05) is 0 Å². The minimum Gasteiger partial charge on any atom is -0.399 e. The Kier molecular flexibility index (Phi) is 4.10. The van der Waals surface area contributed by atoms with Crippen LogP contribution in [-0.2, 0) is 23.6 Å². The van der Waals surface area contributed by atoms with Gasteiger partial charge in [-0.3, -0.25) is 8.89 Å². The molecule has 19 heavy (non-hydrogen) atoms. The number of aryl methyl sites for hydroxylation is 3. The van der Waals surface area contributed by atoms with Crippen molar-refractivity contribution in [2.45, 2.75) is 24.5 Å². The molecule has 102 valence electrons. The first kappa shape index (κ1) is 14.3. The summed E-state index contributed by atoms with van der Waals surface area (Å²) in [5, 5.41) is 4.30. The zero-order valence-electron chi connectivity index (χ0n) is 11.1. The van der Waals surface area contributed by atoms with Crippen LogP contribution in [0.15, 0.2) is 27.6 Å². The van der Waals surface area contributed by atoms with Crippen LogP contribution in [0.3, 0.4) is 0 Å². The Bertz CT molecular complexity index is 652. The second-order valence-corrected chi connectivity index (χ2v) is 6.72. The first-order chi connectivity index (χ1) is 8.90. The first-order valence-corrected chi connectivity index (χ1v) is 7.94. The molecule has 1 aromatic heterocycles. The Morgan fingerprint density at radius 2 is 2.11 bits per heavy atom. The lowest BCUT2D eigenvalue weighted by molar-refractivity contribution is 0.676. The van der Waals surface area contributed by atoms with Gasteiger partial charge in [-0.2, -0.15) is 5.10 Å². The smallest absolute Gasteiger partial charge is 0.0738 e. The molecule has 0 aliphatic heterocycles. The molecule has 4 nitrogen and oxygen atoms in total. The van der Waals surface area contributed by atoms with Crippen molar-refractivity contribution in [1.29, 1.82) is 0 Å². The Hall–Kier alpha value is -1.14. The van der Waals surface area contributed by atoms with E-state index in [0.29, 0.717) is 5.75 Å². The highest BCUT2D eigenvalue weighted by atomic mass is 79.9. The Balaban J connectivity index is 2.28. The van der Waals surface area contributed by atoms with E-state index in [1.807, 2.05) is 33.0 Å². The average molecular weight is 342 g/mol. The van der Waals surface area contributed by atoms with E-state index in [9.17, 15) is 4.21 Å². The van der Waals surface area contributed by atoms with Gasteiger partial charge in [-0.05, 0) is 53.5 Å². The normalized spacial score (nSPS) is 12.6. The minimum absolute atomic E-state index is 0.432. The third-order valence-electron chi connectivity index (χ3n) is 3.03. The average Bonchev–Trinajstić information content (AvgIpc) is 2.59. The molecule has 2 rings (SSSR count). The van der Waals surface area contributed by atoms with E-state index < -0.39 is 10.8 Å². The molecule has 6 heteroatoms. The van der Waals surface area contributed by atoms with Crippen molar-refractivity contribution in [3.05, 3.63) is 39.6 Å². The summed E-state index contributed by atoms with van der Waals surface area (Å²) in [7, 11) is 0.753. The maximum Gasteiger partial charge on any atom is 0.0738 e. The number of benzene rings is 1. The zero-order chi connectivity index (χ0) is 14.2. The van der Waals surface area contributed by atoms with Crippen LogP contribution in [0.5, 0.6) is 0 Å². The van der Waals surface area contributed by atoms with Gasteiger partial charge in [0.15, 0.2) is 0 Å². The molecule has 1 atom stereocenters. The molecule has 2 N–H and O–H groups in total. The predicted octanol–water partition coefficient (Wildman–Crippen LogP) is 2.69. The van der Waals surface area contributed by atoms with Crippen LogP contribution in [0.1, 0.15) is 17.0 Å². The lowest BCUT2D eigenvalue weighted by atomic mass is 10.2. The van der Waals surface area contributed by atoms with Crippen molar-refractivity contribution in [2.75, 3.05) is 5.73 Å². The second-order valence-electron chi connectivity index (χ2n) is 4.48. The molecule has 2 aromatic rings. The van der Waals surface area contributed by atoms with Gasteiger partial charge in [0.1, 0.15) is 0 Å². The van der Waals surface area contributed by atoms with E-state index in [0.717, 1.165) is 32.0 Å². The highest BCUT2D eigenvalue weighted by Crippen LogP contribution is 2.24. The fourth-order valence-electron chi connectivity index (χ4n) is 1.83. The number of aromatic nitrogens is 2. The quantitative estimate of drug-likeness (QED) is 0.873. The molecule has 0 bridgehead atoms. The number of hydrogen-bond donors (Lipinski definition) is 1. The molecule has 0 radical (unpaired) electrons. The summed E-state index contributed by atoms with van der Waals surface area (Å²) in [6.07, 6.45) is 0. The van der Waals surface area contributed by atoms with E-state index in [1.165, 1.54) is 0 Å². The highest BCUT2D eigenvalue weighted by Gasteiger charge is 2.15. The SMILES string of the molecule is Cc1cc(S(=O)Cc2c(Br)c(C)nn2C)ccc1N. The third-order valence-corrected chi connectivity index (χ3v) is 5.38. The molecule has 1 unspecified atom stereocenters. The fourth-order valence-corrected chi connectivity index (χ4v) is 3.77. The summed E-state index contributed by atoms with van der Waals surface area (Å²) >= 11 is 3.49. The summed E-state index contributed by atoms with van der Waals surface area (Å²) < 4.78 is 15.1. The largest absolute Gasteiger partial charge is 0.399 e. The number of hydrogen-bond acceptors (Lipinski definition) is 3. The van der Waals surface area contributed by atoms with Gasteiger partial charge in [0.25, 0.3) is 0 Å². The molecule has 0 amide bonds. The van der Waals surface area contributed by atoms with E-state index >= 15 is 0 Å². The molecule has 0 saturated carbocycles. The highest BCUT2D eigenvalue weighted by molar-refractivity contribution is 9.10. The summed E-state index contributed by atoms with van der Waals surface area (Å²) in [4.78, 5) is 0.789. The zero-order valence-corrected chi connectivity index (χ0v) is 13.5. The minimum atomic E-state index is -1.11. The molecular weight excluding hydrogens is 326 g/mol. The number of nitrogen functional groups attached to an aromatic ring is 1. The van der Waals surface area contributed by atoms with E-state index in [-0.39, 0.29) is 0 Å². The van der Waals surface area contributed by atoms with E-state index in [1.54, 1.807) is 10.7 Å². The standard InChI is InChI=1S/C13H16BrN3OS/c1-8-6-10(4-5-11(8)15)19(18)7-12-13(14)9(2)16-17(12)3/h4-6H,7,15H2,1-3H3. The van der Waals surface area contributed by atoms with Gasteiger partial charge in [0.2, 0.25) is 0 Å². The summed E-state index contributed by atoms with van der Waals surface area (Å²) in [5.74, 6) is 0.432. The maximum atomic E-state index is 12.4.